The molecule has 0 unspecified atom stereocenters. The molecule has 2 aliphatic rings. The van der Waals surface area contributed by atoms with Gasteiger partial charge in [-0.3, -0.25) is 4.79 Å². The standard InChI is InChI=1S/C20H20ClF3N2O3S2/c21-17-2-1-15(11-16(17)20(22,23)24)31(28,29)26-8-3-13(4-9-26)19(27)25-7-5-18-14(12-25)6-10-30-18/h1-2,6,10-11,13H,3-5,7-9,12H2. The van der Waals surface area contributed by atoms with E-state index in [2.05, 4.69) is 0 Å². The third-order valence-electron chi connectivity index (χ3n) is 5.80. The summed E-state index contributed by atoms with van der Waals surface area (Å²) in [5, 5.41) is 1.47. The zero-order chi connectivity index (χ0) is 22.4. The molecule has 3 heterocycles. The van der Waals surface area contributed by atoms with E-state index in [1.807, 2.05) is 16.3 Å². The normalized spacial score (nSPS) is 18.8. The van der Waals surface area contributed by atoms with Gasteiger partial charge in [0.15, 0.2) is 0 Å². The van der Waals surface area contributed by atoms with Gasteiger partial charge in [-0.2, -0.15) is 17.5 Å². The van der Waals surface area contributed by atoms with Gasteiger partial charge in [-0.1, -0.05) is 11.6 Å². The van der Waals surface area contributed by atoms with Gasteiger partial charge in [0.25, 0.3) is 0 Å². The Morgan fingerprint density at radius 2 is 1.84 bits per heavy atom. The van der Waals surface area contributed by atoms with Gasteiger partial charge in [0.05, 0.1) is 15.5 Å². The van der Waals surface area contributed by atoms with Gasteiger partial charge in [-0.15, -0.1) is 11.3 Å². The van der Waals surface area contributed by atoms with Crippen LogP contribution >= 0.6 is 22.9 Å². The first kappa shape index (κ1) is 22.6. The third-order valence-corrected chi connectivity index (χ3v) is 9.05. The highest BCUT2D eigenvalue weighted by Gasteiger charge is 2.37. The molecule has 168 valence electrons. The lowest BCUT2D eigenvalue weighted by molar-refractivity contribution is -0.138. The summed E-state index contributed by atoms with van der Waals surface area (Å²) in [5.41, 5.74) is -0.0222. The minimum Gasteiger partial charge on any atom is -0.338 e. The molecule has 2 aliphatic heterocycles. The van der Waals surface area contributed by atoms with Gasteiger partial charge in [-0.05, 0) is 54.5 Å². The van der Waals surface area contributed by atoms with Gasteiger partial charge >= 0.3 is 6.18 Å². The molecule has 1 aromatic carbocycles. The fraction of sp³-hybridized carbons (Fsp3) is 0.450. The number of nitrogens with zero attached hydrogens (tertiary/aromatic N) is 2. The van der Waals surface area contributed by atoms with Crippen molar-refractivity contribution in [3.8, 4) is 0 Å². The Balaban J connectivity index is 1.43. The fourth-order valence-corrected chi connectivity index (χ4v) is 6.68. The summed E-state index contributed by atoms with van der Waals surface area (Å²) in [6.45, 7) is 1.39. The number of alkyl halides is 3. The van der Waals surface area contributed by atoms with E-state index in [0.717, 1.165) is 28.4 Å². The van der Waals surface area contributed by atoms with Crippen LogP contribution in [-0.4, -0.2) is 43.2 Å². The van der Waals surface area contributed by atoms with Crippen molar-refractivity contribution >= 4 is 38.9 Å². The van der Waals surface area contributed by atoms with E-state index < -0.39 is 31.7 Å². The molecule has 4 rings (SSSR count). The van der Waals surface area contributed by atoms with Gasteiger partial charge in [-0.25, -0.2) is 8.42 Å². The Labute approximate surface area is 187 Å². The lowest BCUT2D eigenvalue weighted by Gasteiger charge is -2.35. The first-order chi connectivity index (χ1) is 14.6. The first-order valence-electron chi connectivity index (χ1n) is 9.78. The summed E-state index contributed by atoms with van der Waals surface area (Å²) in [7, 11) is -4.12. The Bertz CT molecular complexity index is 1090. The summed E-state index contributed by atoms with van der Waals surface area (Å²) in [4.78, 5) is 15.6. The molecule has 5 nitrogen and oxygen atoms in total. The molecular weight excluding hydrogens is 473 g/mol. The van der Waals surface area contributed by atoms with Crippen molar-refractivity contribution in [1.29, 1.82) is 0 Å². The van der Waals surface area contributed by atoms with Crippen molar-refractivity contribution in [3.05, 3.63) is 50.7 Å². The second kappa shape index (κ2) is 8.38. The maximum absolute atomic E-state index is 13.1. The monoisotopic (exact) mass is 492 g/mol. The molecule has 0 bridgehead atoms. The quantitative estimate of drug-likeness (QED) is 0.638. The number of piperidine rings is 1. The number of fused-ring (bicyclic) bond motifs is 1. The lowest BCUT2D eigenvalue weighted by Crippen LogP contribution is -2.45. The van der Waals surface area contributed by atoms with Crippen LogP contribution in [-0.2, 0) is 34.0 Å². The molecule has 1 aromatic heterocycles. The lowest BCUT2D eigenvalue weighted by atomic mass is 9.95. The van der Waals surface area contributed by atoms with E-state index in [1.165, 1.54) is 4.88 Å². The minimum atomic E-state index is -4.75. The van der Waals surface area contributed by atoms with Crippen LogP contribution in [0.4, 0.5) is 13.2 Å². The summed E-state index contributed by atoms with van der Waals surface area (Å²) in [6, 6.07) is 4.62. The van der Waals surface area contributed by atoms with Crippen LogP contribution in [0.3, 0.4) is 0 Å². The molecule has 2 aromatic rings. The number of amides is 1. The van der Waals surface area contributed by atoms with E-state index in [1.54, 1.807) is 11.3 Å². The average molecular weight is 493 g/mol. The summed E-state index contributed by atoms with van der Waals surface area (Å²) >= 11 is 7.29. The number of carbonyl (C=O) groups is 1. The number of thiophene rings is 1. The third kappa shape index (κ3) is 4.48. The predicted molar refractivity (Wildman–Crippen MR) is 111 cm³/mol. The number of hydrogen-bond acceptors (Lipinski definition) is 4. The van der Waals surface area contributed by atoms with Crippen LogP contribution < -0.4 is 0 Å². The molecular formula is C20H20ClF3N2O3S2. The summed E-state index contributed by atoms with van der Waals surface area (Å²) in [6.07, 6.45) is -3.25. The second-order valence-electron chi connectivity index (χ2n) is 7.70. The Morgan fingerprint density at radius 1 is 1.13 bits per heavy atom. The van der Waals surface area contributed by atoms with E-state index in [0.29, 0.717) is 32.0 Å². The zero-order valence-corrected chi connectivity index (χ0v) is 18.8. The average Bonchev–Trinajstić information content (AvgIpc) is 3.20. The number of hydrogen-bond donors (Lipinski definition) is 0. The van der Waals surface area contributed by atoms with Crippen LogP contribution in [0, 0.1) is 5.92 Å². The highest BCUT2D eigenvalue weighted by atomic mass is 35.5. The van der Waals surface area contributed by atoms with Crippen molar-refractivity contribution in [3.63, 3.8) is 0 Å². The van der Waals surface area contributed by atoms with Crippen molar-refractivity contribution < 1.29 is 26.4 Å². The Kier molecular flexibility index (Phi) is 6.10. The SMILES string of the molecule is O=C(C1CCN(S(=O)(=O)c2ccc(Cl)c(C(F)(F)F)c2)CC1)N1CCc2sccc2C1. The van der Waals surface area contributed by atoms with Gasteiger partial charge in [0.2, 0.25) is 15.9 Å². The van der Waals surface area contributed by atoms with Crippen LogP contribution in [0.25, 0.3) is 0 Å². The number of carbonyl (C=O) groups excluding carboxylic acids is 1. The Morgan fingerprint density at radius 3 is 2.52 bits per heavy atom. The maximum Gasteiger partial charge on any atom is 0.417 e. The van der Waals surface area contributed by atoms with E-state index in [-0.39, 0.29) is 24.9 Å². The van der Waals surface area contributed by atoms with E-state index >= 15 is 0 Å². The molecule has 1 amide bonds. The highest BCUT2D eigenvalue weighted by molar-refractivity contribution is 7.89. The van der Waals surface area contributed by atoms with E-state index in [4.69, 9.17) is 11.6 Å². The van der Waals surface area contributed by atoms with Gasteiger partial charge in [0, 0.05) is 37.0 Å². The van der Waals surface area contributed by atoms with Crippen molar-refractivity contribution in [2.45, 2.75) is 36.9 Å². The predicted octanol–water partition coefficient (Wildman–Crippen LogP) is 4.41. The zero-order valence-electron chi connectivity index (χ0n) is 16.4. The molecule has 31 heavy (non-hydrogen) atoms. The van der Waals surface area contributed by atoms with Crippen molar-refractivity contribution in [2.75, 3.05) is 19.6 Å². The number of benzene rings is 1. The van der Waals surface area contributed by atoms with Crippen LogP contribution in [0.1, 0.15) is 28.8 Å². The summed E-state index contributed by atoms with van der Waals surface area (Å²) < 4.78 is 66.3. The molecule has 0 atom stereocenters. The summed E-state index contributed by atoms with van der Waals surface area (Å²) in [5.74, 6) is -0.276. The molecule has 0 spiro atoms. The number of halogens is 4. The molecule has 11 heteroatoms. The molecule has 0 radical (unpaired) electrons. The van der Waals surface area contributed by atoms with Crippen molar-refractivity contribution in [2.24, 2.45) is 5.92 Å². The topological polar surface area (TPSA) is 57.7 Å². The molecule has 1 saturated heterocycles. The molecule has 0 saturated carbocycles. The highest BCUT2D eigenvalue weighted by Crippen LogP contribution is 2.37. The molecule has 0 N–H and O–H groups in total. The van der Waals surface area contributed by atoms with Gasteiger partial charge < -0.3 is 4.90 Å². The fourth-order valence-electron chi connectivity index (χ4n) is 4.07. The minimum absolute atomic E-state index is 0.0137. The van der Waals surface area contributed by atoms with Gasteiger partial charge in [0.1, 0.15) is 0 Å². The van der Waals surface area contributed by atoms with Crippen LogP contribution in [0.5, 0.6) is 0 Å². The van der Waals surface area contributed by atoms with Crippen molar-refractivity contribution in [1.82, 2.24) is 9.21 Å². The van der Waals surface area contributed by atoms with E-state index in [9.17, 15) is 26.4 Å². The smallest absolute Gasteiger partial charge is 0.338 e. The van der Waals surface area contributed by atoms with Crippen LogP contribution in [0.2, 0.25) is 5.02 Å². The first-order valence-corrected chi connectivity index (χ1v) is 12.5. The van der Waals surface area contributed by atoms with Crippen LogP contribution in [0.15, 0.2) is 34.5 Å². The molecule has 1 fully saturated rings. The number of sulfonamides is 1. The largest absolute Gasteiger partial charge is 0.417 e. The maximum atomic E-state index is 13.1. The number of rotatable bonds is 3. The second-order valence-corrected chi connectivity index (χ2v) is 11.0. The Hall–Kier alpha value is -1.62. The molecule has 0 aliphatic carbocycles.